The maximum atomic E-state index is 12.6. The molecule has 0 fully saturated rings. The van der Waals surface area contributed by atoms with Crippen LogP contribution in [0, 0.1) is 0 Å². The Balaban J connectivity index is 2.21. The van der Waals surface area contributed by atoms with Crippen LogP contribution < -0.4 is 10.9 Å². The molecule has 0 saturated heterocycles. The molecule has 0 spiro atoms. The van der Waals surface area contributed by atoms with Gasteiger partial charge in [-0.2, -0.15) is 13.2 Å². The third-order valence-corrected chi connectivity index (χ3v) is 3.53. The summed E-state index contributed by atoms with van der Waals surface area (Å²) in [6.07, 6.45) is -4.65. The van der Waals surface area contributed by atoms with Gasteiger partial charge < -0.3 is 15.0 Å². The first kappa shape index (κ1) is 19.2. The van der Waals surface area contributed by atoms with Gasteiger partial charge in [0.2, 0.25) is 0 Å². The Morgan fingerprint density at radius 1 is 1.15 bits per heavy atom. The third-order valence-electron chi connectivity index (χ3n) is 3.53. The van der Waals surface area contributed by atoms with E-state index < -0.39 is 40.9 Å². The van der Waals surface area contributed by atoms with Crippen LogP contribution >= 0.6 is 0 Å². The number of rotatable bonds is 5. The van der Waals surface area contributed by atoms with Gasteiger partial charge in [0.05, 0.1) is 7.11 Å². The number of amides is 1. The fraction of sp³-hybridized carbons (Fsp3) is 0.235. The van der Waals surface area contributed by atoms with E-state index in [4.69, 9.17) is 0 Å². The van der Waals surface area contributed by atoms with Crippen LogP contribution in [0.2, 0.25) is 0 Å². The van der Waals surface area contributed by atoms with E-state index in [9.17, 15) is 27.6 Å². The van der Waals surface area contributed by atoms with E-state index in [1.165, 1.54) is 0 Å². The van der Waals surface area contributed by atoms with Crippen LogP contribution in [0.5, 0.6) is 0 Å². The SMILES string of the molecule is COC(=O)C(Cc1ccccc1)NC(=O)c1ccc(C(F)(F)F)[nH]c1=O. The van der Waals surface area contributed by atoms with Crippen molar-refractivity contribution >= 4 is 11.9 Å². The van der Waals surface area contributed by atoms with Gasteiger partial charge in [0.25, 0.3) is 11.5 Å². The average Bonchev–Trinajstić information content (AvgIpc) is 2.60. The lowest BCUT2D eigenvalue weighted by molar-refractivity contribution is -0.143. The number of alkyl halides is 3. The molecule has 0 radical (unpaired) electrons. The van der Waals surface area contributed by atoms with Crippen molar-refractivity contribution in [1.29, 1.82) is 0 Å². The number of esters is 1. The zero-order chi connectivity index (χ0) is 19.3. The molecule has 2 rings (SSSR count). The number of methoxy groups -OCH3 is 1. The Labute approximate surface area is 146 Å². The molecule has 1 aromatic heterocycles. The van der Waals surface area contributed by atoms with Gasteiger partial charge in [-0.05, 0) is 17.7 Å². The van der Waals surface area contributed by atoms with Gasteiger partial charge in [0.1, 0.15) is 17.3 Å². The monoisotopic (exact) mass is 368 g/mol. The minimum Gasteiger partial charge on any atom is -0.467 e. The number of carbonyl (C=O) groups is 2. The number of nitrogens with one attached hydrogen (secondary N) is 2. The Morgan fingerprint density at radius 2 is 1.81 bits per heavy atom. The molecule has 0 bridgehead atoms. The fourth-order valence-corrected chi connectivity index (χ4v) is 2.24. The zero-order valence-electron chi connectivity index (χ0n) is 13.6. The lowest BCUT2D eigenvalue weighted by Crippen LogP contribution is -2.44. The Hall–Kier alpha value is -3.10. The molecule has 1 amide bonds. The summed E-state index contributed by atoms with van der Waals surface area (Å²) in [5, 5.41) is 2.32. The summed E-state index contributed by atoms with van der Waals surface area (Å²) in [6, 6.07) is 8.96. The molecule has 0 saturated carbocycles. The van der Waals surface area contributed by atoms with Crippen LogP contribution in [-0.4, -0.2) is 30.0 Å². The van der Waals surface area contributed by atoms with E-state index in [-0.39, 0.29) is 6.42 Å². The van der Waals surface area contributed by atoms with E-state index in [1.54, 1.807) is 35.3 Å². The molecule has 6 nitrogen and oxygen atoms in total. The number of pyridine rings is 1. The number of carbonyl (C=O) groups excluding carboxylic acids is 2. The maximum Gasteiger partial charge on any atom is 0.431 e. The smallest absolute Gasteiger partial charge is 0.431 e. The number of hydrogen-bond donors (Lipinski definition) is 2. The number of H-pyrrole nitrogens is 1. The summed E-state index contributed by atoms with van der Waals surface area (Å²) in [4.78, 5) is 37.5. The van der Waals surface area contributed by atoms with Crippen molar-refractivity contribution < 1.29 is 27.5 Å². The first-order valence-electron chi connectivity index (χ1n) is 7.45. The lowest BCUT2D eigenvalue weighted by Gasteiger charge is -2.16. The Kier molecular flexibility index (Phi) is 5.81. The van der Waals surface area contributed by atoms with Crippen LogP contribution in [-0.2, 0) is 22.1 Å². The normalized spacial score (nSPS) is 12.3. The van der Waals surface area contributed by atoms with Gasteiger partial charge in [0, 0.05) is 6.42 Å². The highest BCUT2D eigenvalue weighted by Gasteiger charge is 2.32. The standard InChI is InChI=1S/C17H15F3N2O4/c1-26-16(25)12(9-10-5-3-2-4-6-10)21-14(23)11-7-8-13(17(18,19)20)22-15(11)24/h2-8,12H,9H2,1H3,(H,21,23)(H,22,24). The Bertz CT molecular complexity index is 847. The van der Waals surface area contributed by atoms with Gasteiger partial charge >= 0.3 is 12.1 Å². The molecule has 0 aliphatic heterocycles. The second kappa shape index (κ2) is 7.85. The zero-order valence-corrected chi connectivity index (χ0v) is 13.6. The molecular weight excluding hydrogens is 353 g/mol. The van der Waals surface area contributed by atoms with Crippen LogP contribution in [0.4, 0.5) is 13.2 Å². The van der Waals surface area contributed by atoms with Crippen molar-refractivity contribution in [2.75, 3.05) is 7.11 Å². The van der Waals surface area contributed by atoms with Crippen LogP contribution in [0.1, 0.15) is 21.6 Å². The first-order chi connectivity index (χ1) is 12.2. The second-order valence-electron chi connectivity index (χ2n) is 5.35. The average molecular weight is 368 g/mol. The number of aromatic amines is 1. The number of halogens is 3. The molecule has 9 heteroatoms. The third kappa shape index (κ3) is 4.71. The van der Waals surface area contributed by atoms with Crippen molar-refractivity contribution in [3.05, 3.63) is 69.6 Å². The summed E-state index contributed by atoms with van der Waals surface area (Å²) >= 11 is 0. The summed E-state index contributed by atoms with van der Waals surface area (Å²) in [7, 11) is 1.14. The van der Waals surface area contributed by atoms with Gasteiger partial charge in [-0.25, -0.2) is 4.79 Å². The predicted octanol–water partition coefficient (Wildman–Crippen LogP) is 1.91. The largest absolute Gasteiger partial charge is 0.467 e. The Morgan fingerprint density at radius 3 is 2.35 bits per heavy atom. The van der Waals surface area contributed by atoms with E-state index in [2.05, 4.69) is 10.1 Å². The molecule has 1 heterocycles. The molecular formula is C17H15F3N2O4. The quantitative estimate of drug-likeness (QED) is 0.789. The number of hydrogen-bond acceptors (Lipinski definition) is 4. The molecule has 2 N–H and O–H groups in total. The molecule has 26 heavy (non-hydrogen) atoms. The topological polar surface area (TPSA) is 88.3 Å². The van der Waals surface area contributed by atoms with Gasteiger partial charge in [-0.15, -0.1) is 0 Å². The first-order valence-corrected chi connectivity index (χ1v) is 7.45. The van der Waals surface area contributed by atoms with Crippen molar-refractivity contribution in [1.82, 2.24) is 10.3 Å². The number of ether oxygens (including phenoxy) is 1. The number of aromatic nitrogens is 1. The highest BCUT2D eigenvalue weighted by atomic mass is 19.4. The highest BCUT2D eigenvalue weighted by molar-refractivity contribution is 5.96. The second-order valence-corrected chi connectivity index (χ2v) is 5.35. The molecule has 2 aromatic rings. The molecule has 1 unspecified atom stereocenters. The van der Waals surface area contributed by atoms with Crippen molar-refractivity contribution in [3.63, 3.8) is 0 Å². The van der Waals surface area contributed by atoms with Crippen molar-refractivity contribution in [3.8, 4) is 0 Å². The van der Waals surface area contributed by atoms with Crippen molar-refractivity contribution in [2.24, 2.45) is 0 Å². The van der Waals surface area contributed by atoms with E-state index in [0.29, 0.717) is 6.07 Å². The molecule has 138 valence electrons. The lowest BCUT2D eigenvalue weighted by atomic mass is 10.1. The van der Waals surface area contributed by atoms with E-state index in [0.717, 1.165) is 18.7 Å². The summed E-state index contributed by atoms with van der Waals surface area (Å²) < 4.78 is 42.3. The molecule has 0 aliphatic rings. The minimum atomic E-state index is -4.74. The van der Waals surface area contributed by atoms with Gasteiger partial charge in [-0.3, -0.25) is 9.59 Å². The molecule has 1 atom stereocenters. The van der Waals surface area contributed by atoms with Crippen LogP contribution in [0.15, 0.2) is 47.3 Å². The van der Waals surface area contributed by atoms with E-state index >= 15 is 0 Å². The fourth-order valence-electron chi connectivity index (χ4n) is 2.24. The molecule has 1 aromatic carbocycles. The predicted molar refractivity (Wildman–Crippen MR) is 85.5 cm³/mol. The summed E-state index contributed by atoms with van der Waals surface area (Å²) in [6.45, 7) is 0. The minimum absolute atomic E-state index is 0.0950. The summed E-state index contributed by atoms with van der Waals surface area (Å²) in [5.41, 5.74) is -2.29. The molecule has 0 aliphatic carbocycles. The highest BCUT2D eigenvalue weighted by Crippen LogP contribution is 2.26. The summed E-state index contributed by atoms with van der Waals surface area (Å²) in [5.74, 6) is -1.73. The van der Waals surface area contributed by atoms with Gasteiger partial charge in [-0.1, -0.05) is 30.3 Å². The number of benzene rings is 1. The van der Waals surface area contributed by atoms with Crippen LogP contribution in [0.25, 0.3) is 0 Å². The maximum absolute atomic E-state index is 12.6. The van der Waals surface area contributed by atoms with Gasteiger partial charge in [0.15, 0.2) is 0 Å². The van der Waals surface area contributed by atoms with E-state index in [1.807, 2.05) is 0 Å². The van der Waals surface area contributed by atoms with Crippen molar-refractivity contribution in [2.45, 2.75) is 18.6 Å². The van der Waals surface area contributed by atoms with Crippen LogP contribution in [0.3, 0.4) is 0 Å².